The molecule has 0 amide bonds. The Morgan fingerprint density at radius 3 is 2.67 bits per heavy atom. The number of nitrogens with one attached hydrogen (secondary N) is 1. The lowest BCUT2D eigenvalue weighted by molar-refractivity contribution is 0.268. The van der Waals surface area contributed by atoms with Crippen LogP contribution in [0.5, 0.6) is 11.5 Å². The van der Waals surface area contributed by atoms with E-state index in [2.05, 4.69) is 24.0 Å². The van der Waals surface area contributed by atoms with Crippen LogP contribution in [0.3, 0.4) is 0 Å². The number of H-pyrrole nitrogens is 1. The minimum absolute atomic E-state index is 0.0451. The highest BCUT2D eigenvalue weighted by Gasteiger charge is 2.24. The fraction of sp³-hybridized carbons (Fsp3) is 0.429. The summed E-state index contributed by atoms with van der Waals surface area (Å²) in [6.45, 7) is 0. The van der Waals surface area contributed by atoms with Crippen LogP contribution in [0.1, 0.15) is 17.7 Å². The summed E-state index contributed by atoms with van der Waals surface area (Å²) < 4.78 is 0. The normalized spacial score (nSPS) is 19.4. The summed E-state index contributed by atoms with van der Waals surface area (Å²) >= 11 is 0. The molecule has 3 rings (SSSR count). The van der Waals surface area contributed by atoms with Crippen LogP contribution in [0.4, 0.5) is 0 Å². The van der Waals surface area contributed by atoms with Crippen molar-refractivity contribution in [2.45, 2.75) is 25.3 Å². The lowest BCUT2D eigenvalue weighted by atomic mass is 9.91. The SMILES string of the molecule is CN(C)C1CCc2[nH]c3cc(O)c(O)cc3c2C1. The molecule has 4 nitrogen and oxygen atoms in total. The smallest absolute Gasteiger partial charge is 0.159 e. The molecule has 0 bridgehead atoms. The summed E-state index contributed by atoms with van der Waals surface area (Å²) in [5.41, 5.74) is 3.44. The zero-order valence-corrected chi connectivity index (χ0v) is 10.7. The predicted molar refractivity (Wildman–Crippen MR) is 71.1 cm³/mol. The molecule has 0 saturated carbocycles. The number of nitrogens with zero attached hydrogens (tertiary/aromatic N) is 1. The summed E-state index contributed by atoms with van der Waals surface area (Å²) in [6.07, 6.45) is 3.16. The second-order valence-corrected chi connectivity index (χ2v) is 5.33. The van der Waals surface area contributed by atoms with Gasteiger partial charge >= 0.3 is 0 Å². The zero-order chi connectivity index (χ0) is 12.9. The zero-order valence-electron chi connectivity index (χ0n) is 10.7. The third-order valence-electron chi connectivity index (χ3n) is 3.99. The van der Waals surface area contributed by atoms with Gasteiger partial charge in [-0.3, -0.25) is 0 Å². The van der Waals surface area contributed by atoms with Crippen LogP contribution in [0.2, 0.25) is 0 Å². The van der Waals surface area contributed by atoms with Crippen molar-refractivity contribution in [3.05, 3.63) is 23.4 Å². The van der Waals surface area contributed by atoms with Gasteiger partial charge in [-0.05, 0) is 45.0 Å². The van der Waals surface area contributed by atoms with Crippen molar-refractivity contribution in [3.8, 4) is 11.5 Å². The van der Waals surface area contributed by atoms with Crippen LogP contribution in [-0.2, 0) is 12.8 Å². The van der Waals surface area contributed by atoms with E-state index in [4.69, 9.17) is 0 Å². The van der Waals surface area contributed by atoms with E-state index >= 15 is 0 Å². The number of benzene rings is 1. The first-order valence-corrected chi connectivity index (χ1v) is 6.28. The van der Waals surface area contributed by atoms with E-state index in [1.165, 1.54) is 11.3 Å². The van der Waals surface area contributed by atoms with Crippen LogP contribution in [0, 0.1) is 0 Å². The Balaban J connectivity index is 2.12. The third-order valence-corrected chi connectivity index (χ3v) is 3.99. The van der Waals surface area contributed by atoms with Crippen molar-refractivity contribution < 1.29 is 10.2 Å². The molecule has 4 heteroatoms. The van der Waals surface area contributed by atoms with E-state index in [1.54, 1.807) is 12.1 Å². The number of aromatic nitrogens is 1. The number of aromatic amines is 1. The average Bonchev–Trinajstić information content (AvgIpc) is 2.66. The van der Waals surface area contributed by atoms with Gasteiger partial charge in [0, 0.05) is 28.7 Å². The van der Waals surface area contributed by atoms with E-state index in [0.717, 1.165) is 30.2 Å². The highest BCUT2D eigenvalue weighted by molar-refractivity contribution is 5.88. The highest BCUT2D eigenvalue weighted by atomic mass is 16.3. The maximum absolute atomic E-state index is 9.64. The molecule has 96 valence electrons. The monoisotopic (exact) mass is 246 g/mol. The van der Waals surface area contributed by atoms with Gasteiger partial charge in [-0.2, -0.15) is 0 Å². The van der Waals surface area contributed by atoms with E-state index < -0.39 is 0 Å². The van der Waals surface area contributed by atoms with Crippen LogP contribution >= 0.6 is 0 Å². The van der Waals surface area contributed by atoms with Crippen molar-refractivity contribution in [2.75, 3.05) is 14.1 Å². The molecule has 0 aliphatic heterocycles. The van der Waals surface area contributed by atoms with Crippen molar-refractivity contribution in [3.63, 3.8) is 0 Å². The van der Waals surface area contributed by atoms with Crippen molar-refractivity contribution in [2.24, 2.45) is 0 Å². The Bertz CT molecular complexity index is 601. The predicted octanol–water partition coefficient (Wildman–Crippen LogP) is 2.00. The highest BCUT2D eigenvalue weighted by Crippen LogP contribution is 2.36. The quantitative estimate of drug-likeness (QED) is 0.674. The summed E-state index contributed by atoms with van der Waals surface area (Å²) in [4.78, 5) is 5.61. The maximum Gasteiger partial charge on any atom is 0.159 e. The van der Waals surface area contributed by atoms with Crippen molar-refractivity contribution in [1.82, 2.24) is 9.88 Å². The third kappa shape index (κ3) is 1.64. The minimum atomic E-state index is -0.0646. The van der Waals surface area contributed by atoms with Crippen LogP contribution < -0.4 is 0 Å². The maximum atomic E-state index is 9.64. The molecule has 0 radical (unpaired) electrons. The molecule has 2 aromatic rings. The number of likely N-dealkylation sites (N-methyl/N-ethyl adjacent to an activating group) is 1. The van der Waals surface area contributed by atoms with E-state index in [0.29, 0.717) is 6.04 Å². The summed E-state index contributed by atoms with van der Waals surface area (Å²) in [7, 11) is 4.21. The van der Waals surface area contributed by atoms with Gasteiger partial charge in [-0.25, -0.2) is 0 Å². The Hall–Kier alpha value is -1.68. The Labute approximate surface area is 106 Å². The topological polar surface area (TPSA) is 59.5 Å². The van der Waals surface area contributed by atoms with Gasteiger partial charge in [0.1, 0.15) is 0 Å². The lowest BCUT2D eigenvalue weighted by Crippen LogP contribution is -2.33. The van der Waals surface area contributed by atoms with Crippen LogP contribution in [-0.4, -0.2) is 40.2 Å². The van der Waals surface area contributed by atoms with Crippen molar-refractivity contribution in [1.29, 1.82) is 0 Å². The fourth-order valence-electron chi connectivity index (χ4n) is 2.87. The first-order valence-electron chi connectivity index (χ1n) is 6.28. The standard InChI is InChI=1S/C14H18N2O2/c1-16(2)8-3-4-11-9(5-8)10-6-13(17)14(18)7-12(10)15-11/h6-8,15,17-18H,3-5H2,1-2H3. The molecule has 1 aromatic heterocycles. The van der Waals surface area contributed by atoms with Gasteiger partial charge in [0.05, 0.1) is 0 Å². The molecule has 1 aliphatic carbocycles. The Morgan fingerprint density at radius 1 is 1.22 bits per heavy atom. The number of phenols is 2. The second kappa shape index (κ2) is 3.92. The van der Waals surface area contributed by atoms with Gasteiger partial charge in [0.15, 0.2) is 11.5 Å². The molecule has 18 heavy (non-hydrogen) atoms. The Kier molecular flexibility index (Phi) is 2.48. The Morgan fingerprint density at radius 2 is 1.94 bits per heavy atom. The van der Waals surface area contributed by atoms with E-state index in [1.807, 2.05) is 0 Å². The van der Waals surface area contributed by atoms with Gasteiger partial charge in [0.25, 0.3) is 0 Å². The lowest BCUT2D eigenvalue weighted by Gasteiger charge is -2.28. The second-order valence-electron chi connectivity index (χ2n) is 5.33. The van der Waals surface area contributed by atoms with Gasteiger partial charge in [-0.1, -0.05) is 0 Å². The average molecular weight is 246 g/mol. The number of hydrogen-bond acceptors (Lipinski definition) is 3. The number of rotatable bonds is 1. The number of hydrogen-bond donors (Lipinski definition) is 3. The molecule has 1 aliphatic rings. The molecule has 3 N–H and O–H groups in total. The molecule has 0 saturated heterocycles. The van der Waals surface area contributed by atoms with E-state index in [9.17, 15) is 10.2 Å². The number of phenolic OH excluding ortho intramolecular Hbond substituents is 2. The van der Waals surface area contributed by atoms with Gasteiger partial charge < -0.3 is 20.1 Å². The summed E-state index contributed by atoms with van der Waals surface area (Å²) in [5, 5.41) is 20.2. The molecular formula is C14H18N2O2. The van der Waals surface area contributed by atoms with Crippen molar-refractivity contribution >= 4 is 10.9 Å². The van der Waals surface area contributed by atoms with Gasteiger partial charge in [-0.15, -0.1) is 0 Å². The van der Waals surface area contributed by atoms with Crippen LogP contribution in [0.15, 0.2) is 12.1 Å². The van der Waals surface area contributed by atoms with Gasteiger partial charge in [0.2, 0.25) is 0 Å². The molecule has 0 fully saturated rings. The fourth-order valence-corrected chi connectivity index (χ4v) is 2.87. The summed E-state index contributed by atoms with van der Waals surface area (Å²) in [5.74, 6) is -0.110. The first-order chi connectivity index (χ1) is 8.56. The summed E-state index contributed by atoms with van der Waals surface area (Å²) in [6, 6.07) is 3.82. The minimum Gasteiger partial charge on any atom is -0.504 e. The van der Waals surface area contributed by atoms with Crippen LogP contribution in [0.25, 0.3) is 10.9 Å². The first kappa shape index (κ1) is 11.4. The molecule has 1 heterocycles. The largest absolute Gasteiger partial charge is 0.504 e. The number of aryl methyl sites for hydroxylation is 1. The molecule has 1 aromatic carbocycles. The number of aromatic hydroxyl groups is 2. The number of fused-ring (bicyclic) bond motifs is 3. The molecule has 1 atom stereocenters. The van der Waals surface area contributed by atoms with E-state index in [-0.39, 0.29) is 11.5 Å². The molecular weight excluding hydrogens is 228 g/mol. The molecule has 1 unspecified atom stereocenters. The molecule has 0 spiro atoms.